The number of hydrogen-bond donors (Lipinski definition) is 0. The second-order valence-electron chi connectivity index (χ2n) is 6.25. The molecule has 0 unspecified atom stereocenters. The Labute approximate surface area is 167 Å². The minimum absolute atomic E-state index is 0.665. The van der Waals surface area contributed by atoms with Gasteiger partial charge in [-0.15, -0.1) is 0 Å². The lowest BCUT2D eigenvalue weighted by Crippen LogP contribution is -1.99. The molecular weight excluding hydrogens is 360 g/mol. The summed E-state index contributed by atoms with van der Waals surface area (Å²) < 4.78 is 32.5. The Morgan fingerprint density at radius 1 is 0.429 bits per heavy atom. The van der Waals surface area contributed by atoms with Crippen molar-refractivity contribution in [3.8, 4) is 34.5 Å². The highest BCUT2D eigenvalue weighted by Gasteiger charge is 2.13. The normalized spacial score (nSPS) is 10.4. The van der Waals surface area contributed by atoms with Crippen LogP contribution in [0, 0.1) is 0 Å². The molecule has 0 saturated carbocycles. The first-order valence-corrected chi connectivity index (χ1v) is 9.19. The van der Waals surface area contributed by atoms with Crippen molar-refractivity contribution < 1.29 is 28.4 Å². The third-order valence-electron chi connectivity index (χ3n) is 4.72. The highest BCUT2D eigenvalue weighted by molar-refractivity contribution is 5.51. The molecule has 0 spiro atoms. The zero-order valence-corrected chi connectivity index (χ0v) is 17.6. The van der Waals surface area contributed by atoms with Gasteiger partial charge in [-0.05, 0) is 48.9 Å². The van der Waals surface area contributed by atoms with Crippen LogP contribution in [0.4, 0.5) is 0 Å². The van der Waals surface area contributed by atoms with Crippen molar-refractivity contribution in [2.24, 2.45) is 0 Å². The van der Waals surface area contributed by atoms with E-state index in [1.54, 1.807) is 42.7 Å². The van der Waals surface area contributed by atoms with E-state index < -0.39 is 0 Å². The third-order valence-corrected chi connectivity index (χ3v) is 4.72. The number of unbranched alkanes of at least 4 members (excludes halogenated alkanes) is 1. The van der Waals surface area contributed by atoms with Crippen LogP contribution in [0.5, 0.6) is 34.5 Å². The summed E-state index contributed by atoms with van der Waals surface area (Å²) in [4.78, 5) is 0. The molecular formula is C22H30O6. The van der Waals surface area contributed by atoms with Crippen LogP contribution < -0.4 is 28.4 Å². The van der Waals surface area contributed by atoms with E-state index in [0.717, 1.165) is 48.3 Å². The molecule has 0 amide bonds. The molecule has 0 fully saturated rings. The van der Waals surface area contributed by atoms with Crippen LogP contribution in [0.1, 0.15) is 24.0 Å². The zero-order valence-electron chi connectivity index (χ0n) is 17.6. The first kappa shape index (κ1) is 21.5. The van der Waals surface area contributed by atoms with E-state index in [9.17, 15) is 0 Å². The van der Waals surface area contributed by atoms with Gasteiger partial charge in [0.15, 0.2) is 23.0 Å². The molecule has 0 aliphatic carbocycles. The van der Waals surface area contributed by atoms with Crippen LogP contribution in [0.25, 0.3) is 0 Å². The predicted octanol–water partition coefficient (Wildman–Crippen LogP) is 4.30. The van der Waals surface area contributed by atoms with Gasteiger partial charge < -0.3 is 28.4 Å². The molecule has 6 heteroatoms. The van der Waals surface area contributed by atoms with Crippen molar-refractivity contribution in [2.45, 2.75) is 25.7 Å². The molecule has 0 saturated heterocycles. The number of ether oxygens (including phenoxy) is 6. The van der Waals surface area contributed by atoms with Crippen molar-refractivity contribution in [3.05, 3.63) is 35.4 Å². The SMILES string of the molecule is COc1cc(OC)c(OC)cc1CCCCc1cc(OC)c(OC)cc1OC. The highest BCUT2D eigenvalue weighted by Crippen LogP contribution is 2.37. The van der Waals surface area contributed by atoms with Gasteiger partial charge in [-0.3, -0.25) is 0 Å². The summed E-state index contributed by atoms with van der Waals surface area (Å²) in [7, 11) is 9.84. The number of aryl methyl sites for hydroxylation is 2. The Kier molecular flexibility index (Phi) is 8.11. The molecule has 154 valence electrons. The fraction of sp³-hybridized carbons (Fsp3) is 0.455. The average Bonchev–Trinajstić information content (AvgIpc) is 2.75. The van der Waals surface area contributed by atoms with Gasteiger partial charge in [0.05, 0.1) is 42.7 Å². The van der Waals surface area contributed by atoms with Gasteiger partial charge in [0.2, 0.25) is 0 Å². The molecule has 0 atom stereocenters. The minimum Gasteiger partial charge on any atom is -0.496 e. The molecule has 6 nitrogen and oxygen atoms in total. The van der Waals surface area contributed by atoms with E-state index in [1.165, 1.54) is 0 Å². The quantitative estimate of drug-likeness (QED) is 0.533. The van der Waals surface area contributed by atoms with E-state index >= 15 is 0 Å². The smallest absolute Gasteiger partial charge is 0.164 e. The first-order valence-electron chi connectivity index (χ1n) is 9.19. The number of benzene rings is 2. The van der Waals surface area contributed by atoms with Crippen molar-refractivity contribution >= 4 is 0 Å². The second kappa shape index (κ2) is 10.5. The molecule has 0 aliphatic heterocycles. The Morgan fingerprint density at radius 3 is 1.00 bits per heavy atom. The van der Waals surface area contributed by atoms with Crippen LogP contribution in [0.15, 0.2) is 24.3 Å². The van der Waals surface area contributed by atoms with Gasteiger partial charge in [0, 0.05) is 12.1 Å². The van der Waals surface area contributed by atoms with Crippen molar-refractivity contribution in [1.82, 2.24) is 0 Å². The standard InChI is InChI=1S/C22H30O6/c1-23-17-13-21(27-5)19(25-3)11-15(17)9-7-8-10-16-12-20(26-4)22(28-6)14-18(16)24-2/h11-14H,7-10H2,1-6H3. The van der Waals surface area contributed by atoms with Gasteiger partial charge in [-0.25, -0.2) is 0 Å². The Morgan fingerprint density at radius 2 is 0.714 bits per heavy atom. The lowest BCUT2D eigenvalue weighted by atomic mass is 10.0. The molecule has 2 rings (SSSR count). The lowest BCUT2D eigenvalue weighted by Gasteiger charge is -2.15. The molecule has 0 aliphatic rings. The fourth-order valence-electron chi connectivity index (χ4n) is 3.21. The average molecular weight is 390 g/mol. The Hall–Kier alpha value is -2.76. The number of rotatable bonds is 11. The largest absolute Gasteiger partial charge is 0.496 e. The third kappa shape index (κ3) is 4.94. The Balaban J connectivity index is 2.07. The van der Waals surface area contributed by atoms with Gasteiger partial charge in [-0.2, -0.15) is 0 Å². The van der Waals surface area contributed by atoms with Crippen LogP contribution in [-0.4, -0.2) is 42.7 Å². The number of hydrogen-bond acceptors (Lipinski definition) is 6. The zero-order chi connectivity index (χ0) is 20.5. The molecule has 2 aromatic rings. The topological polar surface area (TPSA) is 55.4 Å². The summed E-state index contributed by atoms with van der Waals surface area (Å²) in [5.41, 5.74) is 2.19. The maximum absolute atomic E-state index is 5.51. The molecule has 0 N–H and O–H groups in total. The van der Waals surface area contributed by atoms with Crippen LogP contribution in [0.2, 0.25) is 0 Å². The maximum Gasteiger partial charge on any atom is 0.164 e. The van der Waals surface area contributed by atoms with Crippen LogP contribution in [-0.2, 0) is 12.8 Å². The van der Waals surface area contributed by atoms with Gasteiger partial charge in [0.1, 0.15) is 11.5 Å². The van der Waals surface area contributed by atoms with Crippen LogP contribution in [0.3, 0.4) is 0 Å². The predicted molar refractivity (Wildman–Crippen MR) is 109 cm³/mol. The molecule has 0 aromatic heterocycles. The summed E-state index contributed by atoms with van der Waals surface area (Å²) in [6.07, 6.45) is 3.73. The van der Waals surface area contributed by atoms with E-state index in [4.69, 9.17) is 28.4 Å². The van der Waals surface area contributed by atoms with E-state index in [2.05, 4.69) is 0 Å². The fourth-order valence-corrected chi connectivity index (χ4v) is 3.21. The summed E-state index contributed by atoms with van der Waals surface area (Å²) in [6, 6.07) is 7.69. The lowest BCUT2D eigenvalue weighted by molar-refractivity contribution is 0.347. The molecule has 2 aromatic carbocycles. The maximum atomic E-state index is 5.51. The molecule has 0 heterocycles. The van der Waals surface area contributed by atoms with Crippen LogP contribution >= 0.6 is 0 Å². The van der Waals surface area contributed by atoms with Gasteiger partial charge >= 0.3 is 0 Å². The summed E-state index contributed by atoms with van der Waals surface area (Å²) >= 11 is 0. The first-order chi connectivity index (χ1) is 13.6. The molecule has 0 bridgehead atoms. The van der Waals surface area contributed by atoms with Crippen molar-refractivity contribution in [2.75, 3.05) is 42.7 Å². The van der Waals surface area contributed by atoms with Gasteiger partial charge in [0.25, 0.3) is 0 Å². The summed E-state index contributed by atoms with van der Waals surface area (Å²) in [6.45, 7) is 0. The summed E-state index contributed by atoms with van der Waals surface area (Å²) in [5, 5.41) is 0. The number of methoxy groups -OCH3 is 6. The van der Waals surface area contributed by atoms with Gasteiger partial charge in [-0.1, -0.05) is 0 Å². The summed E-state index contributed by atoms with van der Waals surface area (Å²) in [5.74, 6) is 4.36. The monoisotopic (exact) mass is 390 g/mol. The van der Waals surface area contributed by atoms with Crippen molar-refractivity contribution in [3.63, 3.8) is 0 Å². The Bertz CT molecular complexity index is 707. The minimum atomic E-state index is 0.665. The highest BCUT2D eigenvalue weighted by atomic mass is 16.5. The molecule has 0 radical (unpaired) electrons. The van der Waals surface area contributed by atoms with E-state index in [-0.39, 0.29) is 0 Å². The van der Waals surface area contributed by atoms with E-state index in [1.807, 2.05) is 24.3 Å². The van der Waals surface area contributed by atoms with Crippen molar-refractivity contribution in [1.29, 1.82) is 0 Å². The second-order valence-corrected chi connectivity index (χ2v) is 6.25. The van der Waals surface area contributed by atoms with E-state index in [0.29, 0.717) is 23.0 Å². The molecule has 28 heavy (non-hydrogen) atoms.